The van der Waals surface area contributed by atoms with Crippen molar-refractivity contribution >= 4 is 21.5 Å². The van der Waals surface area contributed by atoms with Crippen LogP contribution in [0.15, 0.2) is 176 Å². The molecule has 1 aliphatic carbocycles. The molecule has 1 heterocycles. The average Bonchev–Trinajstić information content (AvgIpc) is 3.45. The molecular formula is C50H35N3. The van der Waals surface area contributed by atoms with E-state index in [0.29, 0.717) is 17.5 Å². The van der Waals surface area contributed by atoms with Gasteiger partial charge in [0.2, 0.25) is 0 Å². The van der Waals surface area contributed by atoms with Gasteiger partial charge < -0.3 is 0 Å². The van der Waals surface area contributed by atoms with Gasteiger partial charge in [-0.1, -0.05) is 159 Å². The van der Waals surface area contributed by atoms with E-state index in [-0.39, 0.29) is 5.41 Å². The Balaban J connectivity index is 1.21. The summed E-state index contributed by atoms with van der Waals surface area (Å²) in [6.07, 6.45) is 0. The van der Waals surface area contributed by atoms with Crippen molar-refractivity contribution in [2.75, 3.05) is 0 Å². The van der Waals surface area contributed by atoms with Crippen LogP contribution in [0.25, 0.3) is 89.1 Å². The maximum atomic E-state index is 5.29. The third kappa shape index (κ3) is 5.32. The average molecular weight is 678 g/mol. The molecule has 10 rings (SSSR count). The second-order valence-corrected chi connectivity index (χ2v) is 14.5. The Labute approximate surface area is 309 Å². The normalized spacial score (nSPS) is 12.9. The van der Waals surface area contributed by atoms with E-state index in [4.69, 9.17) is 15.0 Å². The largest absolute Gasteiger partial charge is 0.208 e. The van der Waals surface area contributed by atoms with E-state index in [2.05, 4.69) is 190 Å². The highest BCUT2D eigenvalue weighted by Gasteiger charge is 2.35. The van der Waals surface area contributed by atoms with Gasteiger partial charge in [-0.2, -0.15) is 0 Å². The molecule has 1 aliphatic rings. The summed E-state index contributed by atoms with van der Waals surface area (Å²) in [6.45, 7) is 4.62. The molecule has 0 fully saturated rings. The second kappa shape index (κ2) is 12.2. The first-order chi connectivity index (χ1) is 26.0. The van der Waals surface area contributed by atoms with Gasteiger partial charge in [-0.15, -0.1) is 0 Å². The first kappa shape index (κ1) is 31.1. The molecule has 1 aromatic heterocycles. The van der Waals surface area contributed by atoms with E-state index >= 15 is 0 Å². The molecule has 0 amide bonds. The number of nitrogens with zero attached hydrogens (tertiary/aromatic N) is 3. The van der Waals surface area contributed by atoms with Gasteiger partial charge in [0.05, 0.1) is 0 Å². The third-order valence-electron chi connectivity index (χ3n) is 10.9. The Hall–Kier alpha value is -6.71. The molecular weight excluding hydrogens is 643 g/mol. The zero-order chi connectivity index (χ0) is 35.5. The van der Waals surface area contributed by atoms with E-state index in [1.807, 2.05) is 0 Å². The first-order valence-corrected chi connectivity index (χ1v) is 18.2. The summed E-state index contributed by atoms with van der Waals surface area (Å²) in [5, 5.41) is 4.75. The lowest BCUT2D eigenvalue weighted by Gasteiger charge is -2.21. The standard InChI is InChI=1S/C50H35N3/c1-50(2)45-22-11-10-20-43(45)44-26-25-37(31-46(44)50)48-51-47(36-24-23-33-15-6-7-17-35(33)27-36)52-49(53-48)40-29-38(32-13-4-3-5-14-32)28-39(30-40)42-21-12-18-34-16-8-9-19-41(34)42/h3-31H,1-2H3. The van der Waals surface area contributed by atoms with Gasteiger partial charge in [-0.25, -0.2) is 15.0 Å². The maximum Gasteiger partial charge on any atom is 0.164 e. The molecule has 0 spiro atoms. The van der Waals surface area contributed by atoms with Gasteiger partial charge in [0.15, 0.2) is 17.5 Å². The van der Waals surface area contributed by atoms with E-state index in [1.54, 1.807) is 0 Å². The number of aromatic nitrogens is 3. The highest BCUT2D eigenvalue weighted by molar-refractivity contribution is 5.98. The molecule has 53 heavy (non-hydrogen) atoms. The van der Waals surface area contributed by atoms with Crippen LogP contribution < -0.4 is 0 Å². The van der Waals surface area contributed by atoms with Crippen molar-refractivity contribution in [2.45, 2.75) is 19.3 Å². The molecule has 0 bridgehead atoms. The predicted molar refractivity (Wildman–Crippen MR) is 220 cm³/mol. The van der Waals surface area contributed by atoms with Crippen molar-refractivity contribution in [1.82, 2.24) is 15.0 Å². The minimum atomic E-state index is -0.143. The Morgan fingerprint density at radius 1 is 0.321 bits per heavy atom. The summed E-state index contributed by atoms with van der Waals surface area (Å²) in [5.74, 6) is 1.95. The third-order valence-corrected chi connectivity index (χ3v) is 10.9. The summed E-state index contributed by atoms with van der Waals surface area (Å²) in [7, 11) is 0. The van der Waals surface area contributed by atoms with Crippen LogP contribution in [-0.2, 0) is 5.41 Å². The van der Waals surface area contributed by atoms with Gasteiger partial charge >= 0.3 is 0 Å². The molecule has 0 radical (unpaired) electrons. The van der Waals surface area contributed by atoms with Gasteiger partial charge in [0.1, 0.15) is 0 Å². The predicted octanol–water partition coefficient (Wildman–Crippen LogP) is 12.8. The monoisotopic (exact) mass is 677 g/mol. The summed E-state index contributed by atoms with van der Waals surface area (Å²) < 4.78 is 0. The van der Waals surface area contributed by atoms with Crippen LogP contribution in [0.2, 0.25) is 0 Å². The summed E-state index contributed by atoms with van der Waals surface area (Å²) >= 11 is 0. The number of rotatable bonds is 5. The lowest BCUT2D eigenvalue weighted by atomic mass is 9.82. The van der Waals surface area contributed by atoms with E-state index in [9.17, 15) is 0 Å². The molecule has 9 aromatic rings. The van der Waals surface area contributed by atoms with Crippen molar-refractivity contribution in [2.24, 2.45) is 0 Å². The molecule has 0 saturated carbocycles. The van der Waals surface area contributed by atoms with Crippen LogP contribution in [0, 0.1) is 0 Å². The number of hydrogen-bond acceptors (Lipinski definition) is 3. The summed E-state index contributed by atoms with van der Waals surface area (Å²) in [4.78, 5) is 15.8. The number of benzene rings is 8. The molecule has 0 aliphatic heterocycles. The van der Waals surface area contributed by atoms with Crippen molar-refractivity contribution in [3.05, 3.63) is 187 Å². The molecule has 0 saturated heterocycles. The fourth-order valence-electron chi connectivity index (χ4n) is 8.12. The molecule has 8 aromatic carbocycles. The van der Waals surface area contributed by atoms with Crippen LogP contribution in [0.3, 0.4) is 0 Å². The van der Waals surface area contributed by atoms with Gasteiger partial charge in [0.25, 0.3) is 0 Å². The van der Waals surface area contributed by atoms with Crippen molar-refractivity contribution in [3.63, 3.8) is 0 Å². The van der Waals surface area contributed by atoms with Gasteiger partial charge in [-0.3, -0.25) is 0 Å². The van der Waals surface area contributed by atoms with Crippen molar-refractivity contribution in [3.8, 4) is 67.5 Å². The lowest BCUT2D eigenvalue weighted by molar-refractivity contribution is 0.660. The van der Waals surface area contributed by atoms with Crippen LogP contribution in [0.4, 0.5) is 0 Å². The zero-order valence-corrected chi connectivity index (χ0v) is 29.6. The summed E-state index contributed by atoms with van der Waals surface area (Å²) in [5.41, 5.74) is 12.5. The second-order valence-electron chi connectivity index (χ2n) is 14.5. The van der Waals surface area contributed by atoms with Gasteiger partial charge in [-0.05, 0) is 96.4 Å². The molecule has 3 heteroatoms. The van der Waals surface area contributed by atoms with Crippen molar-refractivity contribution in [1.29, 1.82) is 0 Å². The topological polar surface area (TPSA) is 38.7 Å². The SMILES string of the molecule is CC1(C)c2ccccc2-c2ccc(-c3nc(-c4cc(-c5ccccc5)cc(-c5cccc6ccccc56)c4)nc(-c4ccc5ccccc5c4)n3)cc21. The molecule has 0 atom stereocenters. The van der Waals surface area contributed by atoms with E-state index in [0.717, 1.165) is 38.8 Å². The first-order valence-electron chi connectivity index (χ1n) is 18.2. The molecule has 3 nitrogen and oxygen atoms in total. The van der Waals surface area contributed by atoms with Crippen LogP contribution >= 0.6 is 0 Å². The highest BCUT2D eigenvalue weighted by atomic mass is 15.0. The van der Waals surface area contributed by atoms with E-state index < -0.39 is 0 Å². The summed E-state index contributed by atoms with van der Waals surface area (Å²) in [6, 6.07) is 62.7. The number of hydrogen-bond donors (Lipinski definition) is 0. The van der Waals surface area contributed by atoms with Crippen LogP contribution in [0.1, 0.15) is 25.0 Å². The quantitative estimate of drug-likeness (QED) is 0.182. The van der Waals surface area contributed by atoms with E-state index in [1.165, 1.54) is 44.0 Å². The lowest BCUT2D eigenvalue weighted by Crippen LogP contribution is -2.15. The van der Waals surface area contributed by atoms with Gasteiger partial charge in [0, 0.05) is 22.1 Å². The smallest absolute Gasteiger partial charge is 0.164 e. The molecule has 0 N–H and O–H groups in total. The zero-order valence-electron chi connectivity index (χ0n) is 29.6. The number of fused-ring (bicyclic) bond motifs is 5. The highest BCUT2D eigenvalue weighted by Crippen LogP contribution is 2.49. The fourth-order valence-corrected chi connectivity index (χ4v) is 8.12. The van der Waals surface area contributed by atoms with Crippen LogP contribution in [-0.4, -0.2) is 15.0 Å². The minimum Gasteiger partial charge on any atom is -0.208 e. The Kier molecular flexibility index (Phi) is 7.16. The Morgan fingerprint density at radius 3 is 1.72 bits per heavy atom. The Morgan fingerprint density at radius 2 is 0.887 bits per heavy atom. The minimum absolute atomic E-state index is 0.143. The Bertz CT molecular complexity index is 2860. The fraction of sp³-hybridized carbons (Fsp3) is 0.0600. The molecule has 0 unspecified atom stereocenters. The molecule has 250 valence electrons. The van der Waals surface area contributed by atoms with Crippen molar-refractivity contribution < 1.29 is 0 Å². The maximum absolute atomic E-state index is 5.29. The van der Waals surface area contributed by atoms with Crippen LogP contribution in [0.5, 0.6) is 0 Å².